The van der Waals surface area contributed by atoms with Crippen LogP contribution in [0.3, 0.4) is 0 Å². The molecule has 6 nitrogen and oxygen atoms in total. The van der Waals surface area contributed by atoms with Crippen LogP contribution in [0.15, 0.2) is 43.2 Å². The van der Waals surface area contributed by atoms with Gasteiger partial charge in [-0.1, -0.05) is 38.5 Å². The molecular formula is C25H38N2O4. The number of unbranched alkanes of at least 4 members (excludes halogenated alkanes) is 3. The molecule has 0 saturated heterocycles. The highest BCUT2D eigenvalue weighted by Gasteiger charge is 2.23. The highest BCUT2D eigenvalue weighted by molar-refractivity contribution is 6.03. The zero-order chi connectivity index (χ0) is 23.1. The maximum Gasteiger partial charge on any atom is 0.341 e. The Morgan fingerprint density at radius 1 is 1.23 bits per heavy atom. The van der Waals surface area contributed by atoms with Crippen LogP contribution < -0.4 is 10.6 Å². The summed E-state index contributed by atoms with van der Waals surface area (Å²) in [5.74, 6) is -0.739. The second kappa shape index (κ2) is 15.2. The summed E-state index contributed by atoms with van der Waals surface area (Å²) in [4.78, 5) is 27.3. The lowest BCUT2D eigenvalue weighted by Gasteiger charge is -2.25. The van der Waals surface area contributed by atoms with Crippen molar-refractivity contribution in [3.05, 3.63) is 54.3 Å². The number of allylic oxidation sites excluding steroid dienone is 2. The molecule has 2 N–H and O–H groups in total. The molecule has 0 aromatic heterocycles. The lowest BCUT2D eigenvalue weighted by molar-refractivity contribution is -0.121. The Morgan fingerprint density at radius 3 is 2.65 bits per heavy atom. The zero-order valence-electron chi connectivity index (χ0n) is 19.3. The second-order valence-corrected chi connectivity index (χ2v) is 7.49. The van der Waals surface area contributed by atoms with E-state index < -0.39 is 12.2 Å². The summed E-state index contributed by atoms with van der Waals surface area (Å²) < 4.78 is 10.6. The molecule has 0 saturated carbocycles. The van der Waals surface area contributed by atoms with Gasteiger partial charge in [0.1, 0.15) is 6.23 Å². The van der Waals surface area contributed by atoms with Crippen LogP contribution in [0.2, 0.25) is 0 Å². The maximum atomic E-state index is 13.0. The number of nitrogens with two attached hydrogens (primary N) is 1. The fourth-order valence-electron chi connectivity index (χ4n) is 3.04. The Labute approximate surface area is 187 Å². The predicted molar refractivity (Wildman–Crippen MR) is 126 cm³/mol. The molecule has 1 amide bonds. The number of nitrogens with zero attached hydrogens (tertiary/aromatic N) is 1. The topological polar surface area (TPSA) is 81.9 Å². The summed E-state index contributed by atoms with van der Waals surface area (Å²) in [5.41, 5.74) is 7.61. The van der Waals surface area contributed by atoms with Crippen molar-refractivity contribution in [3.8, 4) is 0 Å². The molecule has 1 atom stereocenters. The minimum Gasteiger partial charge on any atom is -0.492 e. The fraction of sp³-hybridized carbons (Fsp3) is 0.520. The molecule has 0 aliphatic carbocycles. The summed E-state index contributed by atoms with van der Waals surface area (Å²) in [6, 6.07) is 5.56. The van der Waals surface area contributed by atoms with E-state index in [1.54, 1.807) is 17.9 Å². The van der Waals surface area contributed by atoms with E-state index in [1.165, 1.54) is 6.26 Å². The molecule has 0 aliphatic heterocycles. The number of carbonyl (C=O) groups excluding carboxylic acids is 2. The Bertz CT molecular complexity index is 728. The normalized spacial score (nSPS) is 11.9. The molecule has 0 fully saturated rings. The largest absolute Gasteiger partial charge is 0.492 e. The molecule has 0 aliphatic rings. The van der Waals surface area contributed by atoms with Gasteiger partial charge in [-0.2, -0.15) is 0 Å². The van der Waals surface area contributed by atoms with Crippen LogP contribution in [-0.4, -0.2) is 31.3 Å². The van der Waals surface area contributed by atoms with Crippen LogP contribution in [-0.2, 0) is 20.7 Å². The molecule has 6 heteroatoms. The smallest absolute Gasteiger partial charge is 0.341 e. The minimum atomic E-state index is -0.735. The van der Waals surface area contributed by atoms with Gasteiger partial charge in [0.2, 0.25) is 0 Å². The first-order valence-corrected chi connectivity index (χ1v) is 11.2. The molecule has 0 spiro atoms. The predicted octanol–water partition coefficient (Wildman–Crippen LogP) is 5.12. The van der Waals surface area contributed by atoms with Gasteiger partial charge in [0.05, 0.1) is 17.5 Å². The standard InChI is InChI=1S/C25H38N2O4/c1-5-8-11-12-13-21-14-15-22(25(29)31-20(4)26)23(18-21)27(16-9-6-2)24(28)19-30-17-10-7-3/h5,10,14-15,17-18,20H,1,6-9,11-13,16,19,26H2,2-4H3. The molecule has 31 heavy (non-hydrogen) atoms. The number of carbonyl (C=O) groups is 2. The van der Waals surface area contributed by atoms with Gasteiger partial charge in [0, 0.05) is 6.54 Å². The van der Waals surface area contributed by atoms with Crippen molar-refractivity contribution < 1.29 is 19.1 Å². The van der Waals surface area contributed by atoms with Gasteiger partial charge >= 0.3 is 5.97 Å². The van der Waals surface area contributed by atoms with Crippen molar-refractivity contribution >= 4 is 17.6 Å². The minimum absolute atomic E-state index is 0.0917. The number of esters is 1. The zero-order valence-corrected chi connectivity index (χ0v) is 19.3. The third-order valence-electron chi connectivity index (χ3n) is 4.66. The number of amides is 1. The molecule has 0 radical (unpaired) electrons. The van der Waals surface area contributed by atoms with Crippen LogP contribution in [0.5, 0.6) is 0 Å². The van der Waals surface area contributed by atoms with E-state index in [9.17, 15) is 9.59 Å². The van der Waals surface area contributed by atoms with E-state index in [0.717, 1.165) is 50.5 Å². The summed E-state index contributed by atoms with van der Waals surface area (Å²) in [7, 11) is 0. The van der Waals surface area contributed by atoms with Gasteiger partial charge in [-0.05, 0) is 63.1 Å². The van der Waals surface area contributed by atoms with E-state index >= 15 is 0 Å². The van der Waals surface area contributed by atoms with E-state index in [4.69, 9.17) is 15.2 Å². The number of aryl methyl sites for hydroxylation is 1. The Kier molecular flexibility index (Phi) is 13.0. The molecule has 172 valence electrons. The fourth-order valence-corrected chi connectivity index (χ4v) is 3.04. The van der Waals surface area contributed by atoms with Crippen LogP contribution in [0.25, 0.3) is 0 Å². The first-order valence-electron chi connectivity index (χ1n) is 11.2. The Morgan fingerprint density at radius 2 is 2.00 bits per heavy atom. The number of anilines is 1. The molecule has 1 unspecified atom stereocenters. The molecule has 1 rings (SSSR count). The quantitative estimate of drug-likeness (QED) is 0.137. The monoisotopic (exact) mass is 430 g/mol. The first kappa shape index (κ1) is 26.4. The molecule has 1 aromatic carbocycles. The average molecular weight is 431 g/mol. The van der Waals surface area contributed by atoms with Crippen LogP contribution in [0.4, 0.5) is 5.69 Å². The van der Waals surface area contributed by atoms with Gasteiger partial charge in [0.25, 0.3) is 5.91 Å². The first-order chi connectivity index (χ1) is 14.9. The Balaban J connectivity index is 3.23. The van der Waals surface area contributed by atoms with Crippen molar-refractivity contribution in [2.24, 2.45) is 5.73 Å². The van der Waals surface area contributed by atoms with Crippen molar-refractivity contribution in [1.82, 2.24) is 0 Å². The van der Waals surface area contributed by atoms with Crippen molar-refractivity contribution in [2.45, 2.75) is 71.9 Å². The lowest BCUT2D eigenvalue weighted by Crippen LogP contribution is -2.36. The molecule has 0 bridgehead atoms. The number of rotatable bonds is 15. The van der Waals surface area contributed by atoms with E-state index in [-0.39, 0.29) is 12.5 Å². The number of hydrogen-bond donors (Lipinski definition) is 1. The van der Waals surface area contributed by atoms with Crippen molar-refractivity contribution in [1.29, 1.82) is 0 Å². The summed E-state index contributed by atoms with van der Waals surface area (Å²) in [6.45, 7) is 9.81. The Hall–Kier alpha value is -2.60. The second-order valence-electron chi connectivity index (χ2n) is 7.49. The lowest BCUT2D eigenvalue weighted by atomic mass is 10.0. The molecular weight excluding hydrogens is 392 g/mol. The van der Waals surface area contributed by atoms with E-state index in [0.29, 0.717) is 17.8 Å². The van der Waals surface area contributed by atoms with Crippen molar-refractivity contribution in [3.63, 3.8) is 0 Å². The SMILES string of the molecule is C=CCCCCc1ccc(C(=O)OC(C)N)c(N(CCCC)C(=O)COC=CCC)c1. The third-order valence-corrected chi connectivity index (χ3v) is 4.66. The van der Waals surface area contributed by atoms with Gasteiger partial charge in [-0.15, -0.1) is 6.58 Å². The third kappa shape index (κ3) is 9.83. The number of benzene rings is 1. The summed E-state index contributed by atoms with van der Waals surface area (Å²) in [6.07, 6.45) is 11.0. The number of ether oxygens (including phenoxy) is 2. The van der Waals surface area contributed by atoms with E-state index in [2.05, 4.69) is 13.5 Å². The highest BCUT2D eigenvalue weighted by Crippen LogP contribution is 2.26. The summed E-state index contributed by atoms with van der Waals surface area (Å²) >= 11 is 0. The molecule has 0 heterocycles. The maximum absolute atomic E-state index is 13.0. The number of hydrogen-bond acceptors (Lipinski definition) is 5. The van der Waals surface area contributed by atoms with Gasteiger partial charge in [-0.3, -0.25) is 10.5 Å². The average Bonchev–Trinajstić information content (AvgIpc) is 2.74. The van der Waals surface area contributed by atoms with Crippen LogP contribution in [0, 0.1) is 0 Å². The van der Waals surface area contributed by atoms with E-state index in [1.807, 2.05) is 31.2 Å². The van der Waals surface area contributed by atoms with Gasteiger partial charge < -0.3 is 14.4 Å². The summed E-state index contributed by atoms with van der Waals surface area (Å²) in [5, 5.41) is 0. The van der Waals surface area contributed by atoms with Crippen LogP contribution in [0.1, 0.15) is 75.2 Å². The van der Waals surface area contributed by atoms with Crippen molar-refractivity contribution in [2.75, 3.05) is 18.1 Å². The highest BCUT2D eigenvalue weighted by atomic mass is 16.6. The van der Waals surface area contributed by atoms with Gasteiger partial charge in [-0.25, -0.2) is 4.79 Å². The van der Waals surface area contributed by atoms with Gasteiger partial charge in [0.15, 0.2) is 6.61 Å². The molecule has 1 aromatic rings. The van der Waals surface area contributed by atoms with Crippen LogP contribution >= 0.6 is 0 Å².